The maximum Gasteiger partial charge on any atom is 0.223 e. The number of carbonyl (C=O) groups is 2. The fraction of sp³-hybridized carbons (Fsp3) is 0.417. The summed E-state index contributed by atoms with van der Waals surface area (Å²) in [6, 6.07) is 15.9. The van der Waals surface area contributed by atoms with Crippen LogP contribution in [0, 0.1) is 18.8 Å². The maximum atomic E-state index is 12.5. The Balaban J connectivity index is 1.42. The van der Waals surface area contributed by atoms with Crippen LogP contribution >= 0.6 is 0 Å². The van der Waals surface area contributed by atoms with Crippen molar-refractivity contribution in [3.63, 3.8) is 0 Å². The molecule has 2 N–H and O–H groups in total. The molecule has 1 fully saturated rings. The van der Waals surface area contributed by atoms with Gasteiger partial charge in [0.1, 0.15) is 5.75 Å². The Labute approximate surface area is 172 Å². The number of carbonyl (C=O) groups excluding carboxylic acids is 2. The molecule has 1 aliphatic carbocycles. The molecule has 0 radical (unpaired) electrons. The molecule has 3 rings (SSSR count). The molecule has 0 bridgehead atoms. The van der Waals surface area contributed by atoms with Gasteiger partial charge < -0.3 is 15.4 Å². The summed E-state index contributed by atoms with van der Waals surface area (Å²) in [6.07, 6.45) is 3.01. The van der Waals surface area contributed by atoms with E-state index in [0.29, 0.717) is 13.1 Å². The van der Waals surface area contributed by atoms with Gasteiger partial charge in [0.15, 0.2) is 0 Å². The van der Waals surface area contributed by atoms with Crippen LogP contribution in [0.3, 0.4) is 0 Å². The normalized spacial score (nSPS) is 18.7. The van der Waals surface area contributed by atoms with Crippen molar-refractivity contribution in [2.24, 2.45) is 11.8 Å². The number of para-hydroxylation sites is 1. The second-order valence-corrected chi connectivity index (χ2v) is 7.79. The maximum absolute atomic E-state index is 12.5. The Morgan fingerprint density at radius 3 is 2.14 bits per heavy atom. The predicted octanol–water partition coefficient (Wildman–Crippen LogP) is 3.74. The van der Waals surface area contributed by atoms with Gasteiger partial charge in [0.25, 0.3) is 0 Å². The number of benzene rings is 2. The van der Waals surface area contributed by atoms with Crippen LogP contribution in [-0.4, -0.2) is 18.9 Å². The van der Waals surface area contributed by atoms with Gasteiger partial charge in [-0.1, -0.05) is 48.0 Å². The number of amides is 2. The van der Waals surface area contributed by atoms with Crippen LogP contribution in [0.5, 0.6) is 5.75 Å². The summed E-state index contributed by atoms with van der Waals surface area (Å²) in [5, 5.41) is 6.07. The van der Waals surface area contributed by atoms with E-state index in [4.69, 9.17) is 4.74 Å². The first-order valence-electron chi connectivity index (χ1n) is 10.3. The Morgan fingerprint density at radius 2 is 1.52 bits per heavy atom. The van der Waals surface area contributed by atoms with Gasteiger partial charge in [-0.3, -0.25) is 9.59 Å². The molecular formula is C24H30N2O3. The molecule has 1 aliphatic rings. The third kappa shape index (κ3) is 5.83. The SMILES string of the molecule is COc1ccccc1CNC(=O)C1CCC(C(=O)NCc2cccc(C)c2)CC1. The molecule has 0 saturated heterocycles. The zero-order valence-electron chi connectivity index (χ0n) is 17.2. The van der Waals surface area contributed by atoms with Crippen LogP contribution in [0.2, 0.25) is 0 Å². The molecule has 1 saturated carbocycles. The minimum absolute atomic E-state index is 0.00178. The van der Waals surface area contributed by atoms with Crippen LogP contribution in [-0.2, 0) is 22.7 Å². The van der Waals surface area contributed by atoms with E-state index in [1.165, 1.54) is 5.56 Å². The van der Waals surface area contributed by atoms with Gasteiger partial charge in [-0.25, -0.2) is 0 Å². The molecule has 154 valence electrons. The highest BCUT2D eigenvalue weighted by atomic mass is 16.5. The Bertz CT molecular complexity index is 842. The highest BCUT2D eigenvalue weighted by Crippen LogP contribution is 2.29. The van der Waals surface area contributed by atoms with Gasteiger partial charge >= 0.3 is 0 Å². The van der Waals surface area contributed by atoms with E-state index in [1.54, 1.807) is 7.11 Å². The molecule has 0 aliphatic heterocycles. The average Bonchev–Trinajstić information content (AvgIpc) is 2.76. The molecule has 5 nitrogen and oxygen atoms in total. The molecule has 2 aromatic carbocycles. The molecule has 29 heavy (non-hydrogen) atoms. The van der Waals surface area contributed by atoms with Crippen molar-refractivity contribution < 1.29 is 14.3 Å². The average molecular weight is 395 g/mol. The van der Waals surface area contributed by atoms with Gasteiger partial charge in [-0.15, -0.1) is 0 Å². The lowest BCUT2D eigenvalue weighted by Crippen LogP contribution is -2.37. The van der Waals surface area contributed by atoms with Crippen LogP contribution in [0.15, 0.2) is 48.5 Å². The number of hydrogen-bond acceptors (Lipinski definition) is 3. The van der Waals surface area contributed by atoms with E-state index >= 15 is 0 Å². The molecule has 0 aromatic heterocycles. The highest BCUT2D eigenvalue weighted by molar-refractivity contribution is 5.81. The third-order valence-electron chi connectivity index (χ3n) is 5.66. The van der Waals surface area contributed by atoms with Gasteiger partial charge in [-0.05, 0) is 44.2 Å². The second-order valence-electron chi connectivity index (χ2n) is 7.79. The summed E-state index contributed by atoms with van der Waals surface area (Å²) < 4.78 is 5.33. The topological polar surface area (TPSA) is 67.4 Å². The van der Waals surface area contributed by atoms with E-state index < -0.39 is 0 Å². The monoisotopic (exact) mass is 394 g/mol. The fourth-order valence-electron chi connectivity index (χ4n) is 3.95. The van der Waals surface area contributed by atoms with Crippen molar-refractivity contribution in [1.29, 1.82) is 0 Å². The highest BCUT2D eigenvalue weighted by Gasteiger charge is 2.29. The van der Waals surface area contributed by atoms with Gasteiger partial charge in [0.05, 0.1) is 7.11 Å². The van der Waals surface area contributed by atoms with Crippen molar-refractivity contribution in [3.05, 3.63) is 65.2 Å². The summed E-state index contributed by atoms with van der Waals surface area (Å²) >= 11 is 0. The van der Waals surface area contributed by atoms with Crippen molar-refractivity contribution in [3.8, 4) is 5.75 Å². The molecular weight excluding hydrogens is 364 g/mol. The van der Waals surface area contributed by atoms with Gasteiger partial charge in [0, 0.05) is 30.5 Å². The van der Waals surface area contributed by atoms with Crippen LogP contribution < -0.4 is 15.4 Å². The molecule has 0 heterocycles. The lowest BCUT2D eigenvalue weighted by molar-refractivity contribution is -0.130. The lowest BCUT2D eigenvalue weighted by Gasteiger charge is -2.27. The molecule has 0 spiro atoms. The molecule has 5 heteroatoms. The number of hydrogen-bond donors (Lipinski definition) is 2. The van der Waals surface area contributed by atoms with Crippen molar-refractivity contribution in [2.75, 3.05) is 7.11 Å². The van der Waals surface area contributed by atoms with Crippen LogP contribution in [0.25, 0.3) is 0 Å². The van der Waals surface area contributed by atoms with Crippen LogP contribution in [0.1, 0.15) is 42.4 Å². The van der Waals surface area contributed by atoms with Gasteiger partial charge in [0.2, 0.25) is 11.8 Å². The first-order chi connectivity index (χ1) is 14.1. The molecule has 2 aromatic rings. The molecule has 2 amide bonds. The summed E-state index contributed by atoms with van der Waals surface area (Å²) in [5.74, 6) is 0.916. The number of ether oxygens (including phenoxy) is 1. The standard InChI is InChI=1S/C24H30N2O3/c1-17-6-5-7-18(14-17)15-25-23(27)19-10-12-20(13-11-19)24(28)26-16-21-8-3-4-9-22(21)29-2/h3-9,14,19-20H,10-13,15-16H2,1-2H3,(H,25,27)(H,26,28). The summed E-state index contributed by atoms with van der Waals surface area (Å²) in [4.78, 5) is 25.0. The number of nitrogens with one attached hydrogen (secondary N) is 2. The minimum atomic E-state index is -0.0227. The minimum Gasteiger partial charge on any atom is -0.496 e. The first kappa shape index (κ1) is 20.9. The van der Waals surface area contributed by atoms with E-state index in [2.05, 4.69) is 16.7 Å². The van der Waals surface area contributed by atoms with Crippen molar-refractivity contribution >= 4 is 11.8 Å². The quantitative estimate of drug-likeness (QED) is 0.752. The Kier molecular flexibility index (Phi) is 7.28. The Hall–Kier alpha value is -2.82. The van der Waals surface area contributed by atoms with E-state index in [0.717, 1.165) is 42.6 Å². The number of rotatable bonds is 7. The Morgan fingerprint density at radius 1 is 0.897 bits per heavy atom. The van der Waals surface area contributed by atoms with E-state index in [9.17, 15) is 9.59 Å². The van der Waals surface area contributed by atoms with Crippen molar-refractivity contribution in [2.45, 2.75) is 45.7 Å². The molecule has 0 atom stereocenters. The summed E-state index contributed by atoms with van der Waals surface area (Å²) in [6.45, 7) is 3.06. The van der Waals surface area contributed by atoms with E-state index in [1.807, 2.05) is 49.4 Å². The molecule has 0 unspecified atom stereocenters. The van der Waals surface area contributed by atoms with Crippen LogP contribution in [0.4, 0.5) is 0 Å². The summed E-state index contributed by atoms with van der Waals surface area (Å²) in [7, 11) is 1.63. The zero-order valence-corrected chi connectivity index (χ0v) is 17.2. The largest absolute Gasteiger partial charge is 0.496 e. The lowest BCUT2D eigenvalue weighted by atomic mass is 9.81. The van der Waals surface area contributed by atoms with Gasteiger partial charge in [-0.2, -0.15) is 0 Å². The van der Waals surface area contributed by atoms with E-state index in [-0.39, 0.29) is 23.7 Å². The second kappa shape index (κ2) is 10.1. The predicted molar refractivity (Wildman–Crippen MR) is 113 cm³/mol. The van der Waals surface area contributed by atoms with Crippen molar-refractivity contribution in [1.82, 2.24) is 10.6 Å². The first-order valence-corrected chi connectivity index (χ1v) is 10.3. The zero-order chi connectivity index (χ0) is 20.6. The number of methoxy groups -OCH3 is 1. The fourth-order valence-corrected chi connectivity index (χ4v) is 3.95. The smallest absolute Gasteiger partial charge is 0.223 e. The third-order valence-corrected chi connectivity index (χ3v) is 5.66. The number of aryl methyl sites for hydroxylation is 1. The summed E-state index contributed by atoms with van der Waals surface area (Å²) in [5.41, 5.74) is 3.27.